The molecule has 1 fully saturated rings. The van der Waals surface area contributed by atoms with E-state index in [0.29, 0.717) is 24.0 Å². The molecule has 0 aliphatic heterocycles. The van der Waals surface area contributed by atoms with Crippen molar-refractivity contribution >= 4 is 21.6 Å². The number of carbonyl (C=O) groups is 1. The number of rotatable bonds is 7. The first-order chi connectivity index (χ1) is 14.3. The number of hydrogen-bond donors (Lipinski definition) is 2. The predicted octanol–water partition coefficient (Wildman–Crippen LogP) is 2.82. The molecule has 30 heavy (non-hydrogen) atoms. The Morgan fingerprint density at radius 2 is 1.97 bits per heavy atom. The Morgan fingerprint density at radius 1 is 1.17 bits per heavy atom. The molecule has 0 saturated heterocycles. The van der Waals surface area contributed by atoms with Gasteiger partial charge >= 0.3 is 0 Å². The van der Waals surface area contributed by atoms with Crippen molar-refractivity contribution in [2.45, 2.75) is 31.6 Å². The Kier molecular flexibility index (Phi) is 5.40. The van der Waals surface area contributed by atoms with Crippen molar-refractivity contribution in [1.82, 2.24) is 19.5 Å². The van der Waals surface area contributed by atoms with Crippen molar-refractivity contribution in [2.24, 2.45) is 5.92 Å². The number of nitrogens with zero attached hydrogens (tertiary/aromatic N) is 3. The van der Waals surface area contributed by atoms with E-state index < -0.39 is 15.9 Å². The fraction of sp³-hybridized carbons (Fsp3) is 0.286. The summed E-state index contributed by atoms with van der Waals surface area (Å²) in [5.41, 5.74) is 2.62. The summed E-state index contributed by atoms with van der Waals surface area (Å²) in [6, 6.07) is 11.4. The highest BCUT2D eigenvalue weighted by molar-refractivity contribution is 7.89. The van der Waals surface area contributed by atoms with Gasteiger partial charge in [-0.25, -0.2) is 22.8 Å². The normalized spacial score (nSPS) is 13.9. The maximum absolute atomic E-state index is 12.6. The zero-order valence-corrected chi connectivity index (χ0v) is 17.6. The smallest absolute Gasteiger partial charge is 0.255 e. The monoisotopic (exact) mass is 425 g/mol. The third-order valence-corrected chi connectivity index (χ3v) is 6.32. The number of amides is 1. The molecule has 0 atom stereocenters. The highest BCUT2D eigenvalue weighted by Gasteiger charge is 2.24. The van der Waals surface area contributed by atoms with Gasteiger partial charge in [0, 0.05) is 17.8 Å². The van der Waals surface area contributed by atoms with E-state index in [1.807, 2.05) is 19.9 Å². The van der Waals surface area contributed by atoms with Gasteiger partial charge in [0.15, 0.2) is 5.82 Å². The summed E-state index contributed by atoms with van der Waals surface area (Å²) in [7, 11) is -3.63. The lowest BCUT2D eigenvalue weighted by Crippen LogP contribution is -2.26. The summed E-state index contributed by atoms with van der Waals surface area (Å²) in [6.45, 7) is 4.29. The Labute approximate surface area is 175 Å². The maximum atomic E-state index is 12.6. The summed E-state index contributed by atoms with van der Waals surface area (Å²) >= 11 is 0. The van der Waals surface area contributed by atoms with Gasteiger partial charge in [-0.2, -0.15) is 5.10 Å². The van der Waals surface area contributed by atoms with Gasteiger partial charge in [-0.05, 0) is 69.0 Å². The van der Waals surface area contributed by atoms with Gasteiger partial charge in [-0.3, -0.25) is 4.79 Å². The predicted molar refractivity (Wildman–Crippen MR) is 113 cm³/mol. The number of pyridine rings is 1. The summed E-state index contributed by atoms with van der Waals surface area (Å²) in [4.78, 5) is 17.0. The first-order valence-corrected chi connectivity index (χ1v) is 11.2. The van der Waals surface area contributed by atoms with Crippen LogP contribution in [0.3, 0.4) is 0 Å². The number of anilines is 1. The molecule has 4 rings (SSSR count). The Bertz CT molecular complexity index is 1180. The molecule has 9 heteroatoms. The van der Waals surface area contributed by atoms with Crippen LogP contribution < -0.4 is 10.0 Å². The van der Waals surface area contributed by atoms with E-state index in [4.69, 9.17) is 0 Å². The summed E-state index contributed by atoms with van der Waals surface area (Å²) < 4.78 is 29.2. The van der Waals surface area contributed by atoms with Crippen LogP contribution in [0.2, 0.25) is 0 Å². The molecular formula is C21H23N5O3S. The average molecular weight is 426 g/mol. The molecule has 1 saturated carbocycles. The Morgan fingerprint density at radius 3 is 2.60 bits per heavy atom. The highest BCUT2D eigenvalue weighted by atomic mass is 32.2. The van der Waals surface area contributed by atoms with E-state index in [9.17, 15) is 13.2 Å². The number of aromatic nitrogens is 3. The fourth-order valence-corrected chi connectivity index (χ4v) is 4.25. The van der Waals surface area contributed by atoms with Crippen molar-refractivity contribution in [3.63, 3.8) is 0 Å². The standard InChI is InChI=1S/C21H23N5O3S/c1-14-10-15(2)26(25-14)20-9-8-18(13-22-20)24-21(27)17-4-3-5-19(11-17)30(28,29)23-12-16-6-7-16/h3-5,8-11,13,16,23H,6-7,12H2,1-2H3,(H,24,27). The zero-order chi connectivity index (χ0) is 21.3. The summed E-state index contributed by atoms with van der Waals surface area (Å²) in [5.74, 6) is 0.666. The van der Waals surface area contributed by atoms with Crippen molar-refractivity contribution < 1.29 is 13.2 Å². The van der Waals surface area contributed by atoms with Gasteiger partial charge < -0.3 is 5.32 Å². The van der Waals surface area contributed by atoms with Gasteiger partial charge in [0.2, 0.25) is 10.0 Å². The van der Waals surface area contributed by atoms with Crippen LogP contribution in [0.15, 0.2) is 53.6 Å². The first kappa shape index (κ1) is 20.2. The van der Waals surface area contributed by atoms with Crippen LogP contribution in [-0.2, 0) is 10.0 Å². The number of aryl methyl sites for hydroxylation is 2. The molecule has 2 N–H and O–H groups in total. The van der Waals surface area contributed by atoms with Gasteiger partial charge in [0.25, 0.3) is 5.91 Å². The molecule has 1 aromatic carbocycles. The minimum Gasteiger partial charge on any atom is -0.321 e. The lowest BCUT2D eigenvalue weighted by atomic mass is 10.2. The Hall–Kier alpha value is -3.04. The van der Waals surface area contributed by atoms with Crippen LogP contribution in [0.1, 0.15) is 34.6 Å². The first-order valence-electron chi connectivity index (χ1n) is 9.72. The second-order valence-corrected chi connectivity index (χ2v) is 9.29. The molecule has 0 radical (unpaired) electrons. The molecule has 2 aromatic heterocycles. The molecule has 8 nitrogen and oxygen atoms in total. The second-order valence-electron chi connectivity index (χ2n) is 7.52. The molecular weight excluding hydrogens is 402 g/mol. The van der Waals surface area contributed by atoms with E-state index >= 15 is 0 Å². The third-order valence-electron chi connectivity index (χ3n) is 4.90. The zero-order valence-electron chi connectivity index (χ0n) is 16.8. The molecule has 1 aliphatic rings. The molecule has 0 unspecified atom stereocenters. The summed E-state index contributed by atoms with van der Waals surface area (Å²) in [6.07, 6.45) is 3.65. The fourth-order valence-electron chi connectivity index (χ4n) is 3.09. The van der Waals surface area contributed by atoms with Gasteiger partial charge in [0.05, 0.1) is 22.5 Å². The quantitative estimate of drug-likeness (QED) is 0.605. The van der Waals surface area contributed by atoms with Gasteiger partial charge in [-0.1, -0.05) is 6.07 Å². The second kappa shape index (κ2) is 8.00. The van der Waals surface area contributed by atoms with Crippen LogP contribution in [0, 0.1) is 19.8 Å². The van der Waals surface area contributed by atoms with Crippen LogP contribution in [-0.4, -0.2) is 35.6 Å². The number of carbonyl (C=O) groups excluding carboxylic acids is 1. The van der Waals surface area contributed by atoms with Crippen LogP contribution in [0.5, 0.6) is 0 Å². The minimum atomic E-state index is -3.63. The molecule has 156 valence electrons. The Balaban J connectivity index is 1.46. The third kappa shape index (κ3) is 4.58. The molecule has 2 heterocycles. The molecule has 0 spiro atoms. The number of hydrogen-bond acceptors (Lipinski definition) is 5. The highest BCUT2D eigenvalue weighted by Crippen LogP contribution is 2.28. The molecule has 0 bridgehead atoms. The minimum absolute atomic E-state index is 0.0776. The van der Waals surface area contributed by atoms with E-state index in [1.54, 1.807) is 35.1 Å². The van der Waals surface area contributed by atoms with Crippen LogP contribution in [0.4, 0.5) is 5.69 Å². The van der Waals surface area contributed by atoms with Crippen molar-refractivity contribution in [1.29, 1.82) is 0 Å². The van der Waals surface area contributed by atoms with Crippen LogP contribution >= 0.6 is 0 Å². The van der Waals surface area contributed by atoms with E-state index in [2.05, 4.69) is 20.1 Å². The lowest BCUT2D eigenvalue weighted by molar-refractivity contribution is 0.102. The molecule has 1 aliphatic carbocycles. The number of sulfonamides is 1. The average Bonchev–Trinajstić information content (AvgIpc) is 3.50. The maximum Gasteiger partial charge on any atom is 0.255 e. The van der Waals surface area contributed by atoms with E-state index in [0.717, 1.165) is 24.2 Å². The SMILES string of the molecule is Cc1cc(C)n(-c2ccc(NC(=O)c3cccc(S(=O)(=O)NCC4CC4)c3)cn2)n1. The van der Waals surface area contributed by atoms with Crippen molar-refractivity contribution in [3.8, 4) is 5.82 Å². The van der Waals surface area contributed by atoms with Crippen molar-refractivity contribution in [2.75, 3.05) is 11.9 Å². The molecule has 3 aromatic rings. The van der Waals surface area contributed by atoms with E-state index in [-0.39, 0.29) is 10.5 Å². The van der Waals surface area contributed by atoms with Crippen molar-refractivity contribution in [3.05, 3.63) is 65.6 Å². The summed E-state index contributed by atoms with van der Waals surface area (Å²) in [5, 5.41) is 7.13. The number of nitrogens with one attached hydrogen (secondary N) is 2. The largest absolute Gasteiger partial charge is 0.321 e. The number of benzene rings is 1. The lowest BCUT2D eigenvalue weighted by Gasteiger charge is -2.09. The van der Waals surface area contributed by atoms with Gasteiger partial charge in [0.1, 0.15) is 0 Å². The molecule has 1 amide bonds. The van der Waals surface area contributed by atoms with Crippen LogP contribution in [0.25, 0.3) is 5.82 Å². The van der Waals surface area contributed by atoms with Gasteiger partial charge in [-0.15, -0.1) is 0 Å². The van der Waals surface area contributed by atoms with E-state index in [1.165, 1.54) is 12.1 Å². The topological polar surface area (TPSA) is 106 Å².